The summed E-state index contributed by atoms with van der Waals surface area (Å²) in [5.41, 5.74) is -0.290. The molecule has 0 N–H and O–H groups in total. The topological polar surface area (TPSA) is 34.9 Å². The molecule has 1 aromatic carbocycles. The summed E-state index contributed by atoms with van der Waals surface area (Å²) in [7, 11) is 0. The highest BCUT2D eigenvalue weighted by Crippen LogP contribution is 2.19. The van der Waals surface area contributed by atoms with E-state index < -0.39 is 11.4 Å². The Kier molecular flexibility index (Phi) is 3.38. The van der Waals surface area contributed by atoms with E-state index >= 15 is 0 Å². The van der Waals surface area contributed by atoms with Crippen molar-refractivity contribution in [3.05, 3.63) is 55.6 Å². The lowest BCUT2D eigenvalue weighted by Gasteiger charge is -2.05. The predicted molar refractivity (Wildman–Crippen MR) is 64.8 cm³/mol. The summed E-state index contributed by atoms with van der Waals surface area (Å²) in [6.07, 6.45) is 1.22. The quantitative estimate of drug-likeness (QED) is 0.808. The van der Waals surface area contributed by atoms with Crippen LogP contribution in [0.25, 0.3) is 5.69 Å². The zero-order chi connectivity index (χ0) is 12.6. The molecule has 0 fully saturated rings. The van der Waals surface area contributed by atoms with E-state index in [1.807, 2.05) is 0 Å². The van der Waals surface area contributed by atoms with Crippen LogP contribution in [0.5, 0.6) is 0 Å². The average Bonchev–Trinajstić information content (AvgIpc) is 2.30. The summed E-state index contributed by atoms with van der Waals surface area (Å²) in [4.78, 5) is 11.7. The first-order valence-electron chi connectivity index (χ1n) is 4.39. The Labute approximate surface area is 110 Å². The van der Waals surface area contributed by atoms with Crippen molar-refractivity contribution >= 4 is 34.8 Å². The van der Waals surface area contributed by atoms with Crippen LogP contribution in [0.15, 0.2) is 29.2 Å². The molecule has 0 saturated heterocycles. The molecule has 0 aliphatic heterocycles. The Hall–Kier alpha value is -1.10. The Morgan fingerprint density at radius 2 is 1.88 bits per heavy atom. The van der Waals surface area contributed by atoms with Crippen LogP contribution >= 0.6 is 34.8 Å². The Balaban J connectivity index is 2.65. The third-order valence-electron chi connectivity index (χ3n) is 2.02. The summed E-state index contributed by atoms with van der Waals surface area (Å²) in [6.45, 7) is 0. The molecule has 0 radical (unpaired) electrons. The van der Waals surface area contributed by atoms with Gasteiger partial charge in [0.1, 0.15) is 10.8 Å². The van der Waals surface area contributed by atoms with Gasteiger partial charge in [-0.2, -0.15) is 9.78 Å². The van der Waals surface area contributed by atoms with Gasteiger partial charge in [-0.25, -0.2) is 4.39 Å². The predicted octanol–water partition coefficient (Wildman–Crippen LogP) is 3.33. The molecule has 7 heteroatoms. The van der Waals surface area contributed by atoms with Crippen molar-refractivity contribution in [1.29, 1.82) is 0 Å². The lowest BCUT2D eigenvalue weighted by molar-refractivity contribution is 0.627. The summed E-state index contributed by atoms with van der Waals surface area (Å²) in [5, 5.41) is 3.58. The van der Waals surface area contributed by atoms with Crippen LogP contribution in [-0.4, -0.2) is 9.78 Å². The van der Waals surface area contributed by atoms with E-state index in [0.29, 0.717) is 5.69 Å². The zero-order valence-electron chi connectivity index (χ0n) is 8.12. The van der Waals surface area contributed by atoms with Crippen LogP contribution in [0.3, 0.4) is 0 Å². The fourth-order valence-corrected chi connectivity index (χ4v) is 1.64. The average molecular weight is 294 g/mol. The van der Waals surface area contributed by atoms with Crippen LogP contribution in [0.2, 0.25) is 15.1 Å². The third kappa shape index (κ3) is 2.29. The molecule has 2 rings (SSSR count). The van der Waals surface area contributed by atoms with E-state index in [9.17, 15) is 9.18 Å². The van der Waals surface area contributed by atoms with E-state index in [1.54, 1.807) is 0 Å². The molecule has 1 aromatic heterocycles. The second kappa shape index (κ2) is 4.64. The summed E-state index contributed by atoms with van der Waals surface area (Å²) < 4.78 is 14.0. The molecule has 0 aliphatic rings. The normalized spacial score (nSPS) is 10.6. The Morgan fingerprint density at radius 3 is 2.53 bits per heavy atom. The molecule has 88 valence electrons. The number of benzene rings is 1. The first-order valence-corrected chi connectivity index (χ1v) is 5.53. The van der Waals surface area contributed by atoms with Crippen molar-refractivity contribution in [2.24, 2.45) is 0 Å². The second-order valence-electron chi connectivity index (χ2n) is 3.12. The lowest BCUT2D eigenvalue weighted by Crippen LogP contribution is -2.21. The molecular weight excluding hydrogens is 289 g/mol. The minimum atomic E-state index is -0.596. The van der Waals surface area contributed by atoms with E-state index in [1.165, 1.54) is 18.3 Å². The molecular formula is C10H4Cl3FN2O. The van der Waals surface area contributed by atoms with Crippen LogP contribution in [-0.2, 0) is 0 Å². The monoisotopic (exact) mass is 292 g/mol. The Morgan fingerprint density at radius 1 is 1.18 bits per heavy atom. The van der Waals surface area contributed by atoms with Crippen molar-refractivity contribution in [2.45, 2.75) is 0 Å². The molecule has 2 aromatic rings. The van der Waals surface area contributed by atoms with Gasteiger partial charge in [-0.1, -0.05) is 34.8 Å². The van der Waals surface area contributed by atoms with Crippen molar-refractivity contribution in [3.63, 3.8) is 0 Å². The molecule has 0 bridgehead atoms. The summed E-state index contributed by atoms with van der Waals surface area (Å²) >= 11 is 16.9. The fourth-order valence-electron chi connectivity index (χ4n) is 1.21. The van der Waals surface area contributed by atoms with E-state index in [2.05, 4.69) is 5.10 Å². The molecule has 0 saturated carbocycles. The zero-order valence-corrected chi connectivity index (χ0v) is 10.4. The number of hydrogen-bond acceptors (Lipinski definition) is 2. The van der Waals surface area contributed by atoms with Gasteiger partial charge in [0.05, 0.1) is 21.9 Å². The molecule has 1 heterocycles. The number of rotatable bonds is 1. The molecule has 0 aliphatic carbocycles. The molecule has 3 nitrogen and oxygen atoms in total. The molecule has 0 amide bonds. The highest BCUT2D eigenvalue weighted by molar-refractivity contribution is 6.41. The van der Waals surface area contributed by atoms with Gasteiger partial charge in [-0.15, -0.1) is 0 Å². The molecule has 0 atom stereocenters. The smallest absolute Gasteiger partial charge is 0.266 e. The van der Waals surface area contributed by atoms with Crippen molar-refractivity contribution in [1.82, 2.24) is 9.78 Å². The molecule has 0 spiro atoms. The standard InChI is InChI=1S/C10H4Cl3FN2O/c11-6-3-5(1-2-8(6)14)16-10(17)9(13)7(12)4-15-16/h1-4H. The highest BCUT2D eigenvalue weighted by Gasteiger charge is 2.10. The van der Waals surface area contributed by atoms with Crippen LogP contribution in [0.1, 0.15) is 0 Å². The van der Waals surface area contributed by atoms with Crippen LogP contribution in [0, 0.1) is 5.82 Å². The summed E-state index contributed by atoms with van der Waals surface area (Å²) in [6, 6.07) is 3.77. The van der Waals surface area contributed by atoms with Gasteiger partial charge in [-0.3, -0.25) is 4.79 Å². The first kappa shape index (κ1) is 12.4. The molecule has 0 unspecified atom stereocenters. The lowest BCUT2D eigenvalue weighted by atomic mass is 10.3. The highest BCUT2D eigenvalue weighted by atomic mass is 35.5. The van der Waals surface area contributed by atoms with E-state index in [-0.39, 0.29) is 15.1 Å². The number of halogens is 4. The minimum absolute atomic E-state index is 0.0566. The van der Waals surface area contributed by atoms with Crippen LogP contribution < -0.4 is 5.56 Å². The third-order valence-corrected chi connectivity index (χ3v) is 3.06. The maximum Gasteiger partial charge on any atom is 0.291 e. The van der Waals surface area contributed by atoms with Gasteiger partial charge in [-0.05, 0) is 18.2 Å². The summed E-state index contributed by atoms with van der Waals surface area (Å²) in [5.74, 6) is -0.580. The fraction of sp³-hybridized carbons (Fsp3) is 0. The van der Waals surface area contributed by atoms with Gasteiger partial charge in [0.2, 0.25) is 0 Å². The number of nitrogens with zero attached hydrogens (tertiary/aromatic N) is 2. The van der Waals surface area contributed by atoms with Gasteiger partial charge >= 0.3 is 0 Å². The number of aromatic nitrogens is 2. The van der Waals surface area contributed by atoms with Crippen molar-refractivity contribution in [3.8, 4) is 5.69 Å². The van der Waals surface area contributed by atoms with Gasteiger partial charge in [0.25, 0.3) is 5.56 Å². The van der Waals surface area contributed by atoms with Gasteiger partial charge < -0.3 is 0 Å². The van der Waals surface area contributed by atoms with Gasteiger partial charge in [0.15, 0.2) is 0 Å². The molecule has 17 heavy (non-hydrogen) atoms. The van der Waals surface area contributed by atoms with E-state index in [0.717, 1.165) is 10.7 Å². The first-order chi connectivity index (χ1) is 8.00. The minimum Gasteiger partial charge on any atom is -0.266 e. The second-order valence-corrected chi connectivity index (χ2v) is 4.31. The van der Waals surface area contributed by atoms with Crippen molar-refractivity contribution < 1.29 is 4.39 Å². The SMILES string of the molecule is O=c1c(Cl)c(Cl)cnn1-c1ccc(F)c(Cl)c1. The Bertz CT molecular complexity index is 642. The maximum atomic E-state index is 13.0. The van der Waals surface area contributed by atoms with Crippen LogP contribution in [0.4, 0.5) is 4.39 Å². The number of hydrogen-bond donors (Lipinski definition) is 0. The van der Waals surface area contributed by atoms with E-state index in [4.69, 9.17) is 34.8 Å². The van der Waals surface area contributed by atoms with Gasteiger partial charge in [0, 0.05) is 0 Å². The van der Waals surface area contributed by atoms with Crippen molar-refractivity contribution in [2.75, 3.05) is 0 Å². The maximum absolute atomic E-state index is 13.0. The largest absolute Gasteiger partial charge is 0.291 e.